The zero-order valence-corrected chi connectivity index (χ0v) is 19.1. The highest BCUT2D eigenvalue weighted by atomic mass is 16.5. The Morgan fingerprint density at radius 1 is 0.970 bits per heavy atom. The number of amides is 2. The van der Waals surface area contributed by atoms with Crippen molar-refractivity contribution in [3.05, 3.63) is 59.8 Å². The number of aryl methyl sites for hydroxylation is 2. The van der Waals surface area contributed by atoms with Gasteiger partial charge in [0.15, 0.2) is 11.6 Å². The van der Waals surface area contributed by atoms with Gasteiger partial charge < -0.3 is 29.2 Å². The second-order valence-electron chi connectivity index (χ2n) is 7.47. The summed E-state index contributed by atoms with van der Waals surface area (Å²) in [7, 11) is 8.36. The summed E-state index contributed by atoms with van der Waals surface area (Å²) in [5.74, 6) is 1.06. The molecule has 4 rings (SSSR count). The van der Waals surface area contributed by atoms with E-state index < -0.39 is 0 Å². The van der Waals surface area contributed by atoms with Gasteiger partial charge in [0.1, 0.15) is 11.4 Å². The van der Waals surface area contributed by atoms with Gasteiger partial charge in [-0.3, -0.25) is 9.59 Å². The molecule has 0 saturated carbocycles. The second kappa shape index (κ2) is 8.70. The van der Waals surface area contributed by atoms with Crippen molar-refractivity contribution in [3.63, 3.8) is 0 Å². The van der Waals surface area contributed by atoms with E-state index in [1.165, 1.54) is 14.2 Å². The van der Waals surface area contributed by atoms with E-state index in [0.717, 1.165) is 5.52 Å². The van der Waals surface area contributed by atoms with Gasteiger partial charge >= 0.3 is 0 Å². The van der Waals surface area contributed by atoms with Crippen LogP contribution in [0.4, 0.5) is 5.69 Å². The van der Waals surface area contributed by atoms with E-state index in [4.69, 9.17) is 14.5 Å². The highest BCUT2D eigenvalue weighted by molar-refractivity contribution is 6.07. The molecule has 2 amide bonds. The summed E-state index contributed by atoms with van der Waals surface area (Å²) >= 11 is 0. The van der Waals surface area contributed by atoms with Crippen LogP contribution in [0.15, 0.2) is 48.7 Å². The molecule has 0 aliphatic carbocycles. The molecule has 2 heterocycles. The van der Waals surface area contributed by atoms with Crippen molar-refractivity contribution in [2.45, 2.75) is 0 Å². The number of carbonyl (C=O) groups is 2. The number of rotatable bonds is 6. The van der Waals surface area contributed by atoms with Gasteiger partial charge in [0, 0.05) is 33.0 Å². The summed E-state index contributed by atoms with van der Waals surface area (Å²) in [5, 5.41) is 5.53. The fourth-order valence-corrected chi connectivity index (χ4v) is 3.89. The molecule has 2 N–H and O–H groups in total. The quantitative estimate of drug-likeness (QED) is 0.473. The van der Waals surface area contributed by atoms with E-state index in [0.29, 0.717) is 45.3 Å². The minimum absolute atomic E-state index is 0.242. The van der Waals surface area contributed by atoms with E-state index in [2.05, 4.69) is 10.6 Å². The van der Waals surface area contributed by atoms with E-state index in [1.807, 2.05) is 41.4 Å². The molecular weight excluding hydrogens is 422 g/mol. The van der Waals surface area contributed by atoms with Crippen LogP contribution < -0.4 is 20.1 Å². The molecule has 0 aliphatic rings. The number of imidazole rings is 1. The first-order valence-corrected chi connectivity index (χ1v) is 10.3. The van der Waals surface area contributed by atoms with Gasteiger partial charge in [0.2, 0.25) is 0 Å². The number of anilines is 1. The van der Waals surface area contributed by atoms with E-state index in [1.54, 1.807) is 37.5 Å². The molecule has 33 heavy (non-hydrogen) atoms. The standard InChI is InChI=1S/C24H25N5O4/c1-25-23(30)16-13-28(2)20(21(16)33-5)22-27-17-12-14(10-11-18(17)29(22)3)26-24(31)15-8-6-7-9-19(15)32-4/h6-13H,1-5H3,(H,25,30)(H,26,31). The number of ether oxygens (including phenoxy) is 2. The maximum atomic E-state index is 12.8. The zero-order valence-electron chi connectivity index (χ0n) is 19.1. The normalized spacial score (nSPS) is 10.8. The number of benzene rings is 2. The van der Waals surface area contributed by atoms with Crippen molar-refractivity contribution < 1.29 is 19.1 Å². The fourth-order valence-electron chi connectivity index (χ4n) is 3.89. The topological polar surface area (TPSA) is 99.4 Å². The number of methoxy groups -OCH3 is 2. The van der Waals surface area contributed by atoms with E-state index in [9.17, 15) is 9.59 Å². The summed E-state index contributed by atoms with van der Waals surface area (Å²) in [6, 6.07) is 12.6. The highest BCUT2D eigenvalue weighted by Crippen LogP contribution is 2.36. The van der Waals surface area contributed by atoms with Crippen molar-refractivity contribution in [3.8, 4) is 23.0 Å². The Labute approximate surface area is 190 Å². The zero-order chi connectivity index (χ0) is 23.7. The van der Waals surface area contributed by atoms with Crippen molar-refractivity contribution in [2.75, 3.05) is 26.6 Å². The Morgan fingerprint density at radius 2 is 1.73 bits per heavy atom. The van der Waals surface area contributed by atoms with Crippen molar-refractivity contribution in [1.29, 1.82) is 0 Å². The van der Waals surface area contributed by atoms with Crippen LogP contribution in [0, 0.1) is 0 Å². The Kier molecular flexibility index (Phi) is 5.78. The van der Waals surface area contributed by atoms with Crippen LogP contribution in [0.5, 0.6) is 11.5 Å². The second-order valence-corrected chi connectivity index (χ2v) is 7.47. The number of aromatic nitrogens is 3. The minimum atomic E-state index is -0.276. The molecule has 0 spiro atoms. The Morgan fingerprint density at radius 3 is 2.42 bits per heavy atom. The summed E-state index contributed by atoms with van der Waals surface area (Å²) in [6.07, 6.45) is 1.71. The SMILES string of the molecule is CNC(=O)c1cn(C)c(-c2nc3cc(NC(=O)c4ccccc4OC)ccc3n2C)c1OC. The molecule has 0 atom stereocenters. The van der Waals surface area contributed by atoms with Gasteiger partial charge in [-0.15, -0.1) is 0 Å². The average molecular weight is 447 g/mol. The Bertz CT molecular complexity index is 1370. The molecule has 0 fully saturated rings. The molecular formula is C24H25N5O4. The van der Waals surface area contributed by atoms with Gasteiger partial charge in [-0.2, -0.15) is 0 Å². The van der Waals surface area contributed by atoms with Gasteiger partial charge in [0.05, 0.1) is 36.4 Å². The van der Waals surface area contributed by atoms with Crippen LogP contribution in [-0.2, 0) is 14.1 Å². The van der Waals surface area contributed by atoms with Crippen molar-refractivity contribution in [1.82, 2.24) is 19.4 Å². The first-order valence-electron chi connectivity index (χ1n) is 10.3. The molecule has 2 aromatic carbocycles. The smallest absolute Gasteiger partial charge is 0.259 e. The molecule has 2 aromatic heterocycles. The summed E-state index contributed by atoms with van der Waals surface area (Å²) < 4.78 is 14.6. The molecule has 0 bridgehead atoms. The first-order chi connectivity index (χ1) is 15.9. The molecule has 0 aliphatic heterocycles. The van der Waals surface area contributed by atoms with Gasteiger partial charge in [-0.1, -0.05) is 12.1 Å². The molecule has 9 nitrogen and oxygen atoms in total. The maximum absolute atomic E-state index is 12.8. The lowest BCUT2D eigenvalue weighted by Gasteiger charge is -2.09. The van der Waals surface area contributed by atoms with Crippen LogP contribution in [0.25, 0.3) is 22.6 Å². The molecule has 9 heteroatoms. The predicted molar refractivity (Wildman–Crippen MR) is 126 cm³/mol. The van der Waals surface area contributed by atoms with Crippen LogP contribution in [0.3, 0.4) is 0 Å². The van der Waals surface area contributed by atoms with Crippen LogP contribution in [0.2, 0.25) is 0 Å². The third-order valence-corrected chi connectivity index (χ3v) is 5.51. The largest absolute Gasteiger partial charge is 0.496 e. The van der Waals surface area contributed by atoms with Gasteiger partial charge in [0.25, 0.3) is 11.8 Å². The van der Waals surface area contributed by atoms with Crippen molar-refractivity contribution >= 4 is 28.5 Å². The Balaban J connectivity index is 1.73. The Hall–Kier alpha value is -4.27. The molecule has 0 radical (unpaired) electrons. The molecule has 170 valence electrons. The summed E-state index contributed by atoms with van der Waals surface area (Å²) in [5.41, 5.74) is 3.70. The number of hydrogen-bond acceptors (Lipinski definition) is 5. The monoisotopic (exact) mass is 447 g/mol. The molecule has 4 aromatic rings. The van der Waals surface area contributed by atoms with Crippen LogP contribution in [-0.4, -0.2) is 47.2 Å². The van der Waals surface area contributed by atoms with E-state index in [-0.39, 0.29) is 11.8 Å². The van der Waals surface area contributed by atoms with E-state index >= 15 is 0 Å². The first kappa shape index (κ1) is 21.9. The highest BCUT2D eigenvalue weighted by Gasteiger charge is 2.24. The summed E-state index contributed by atoms with van der Waals surface area (Å²) in [6.45, 7) is 0. The number of para-hydroxylation sites is 1. The number of hydrogen-bond donors (Lipinski definition) is 2. The fraction of sp³-hybridized carbons (Fsp3) is 0.208. The molecule has 0 unspecified atom stereocenters. The number of fused-ring (bicyclic) bond motifs is 1. The number of nitrogens with zero attached hydrogens (tertiary/aromatic N) is 3. The van der Waals surface area contributed by atoms with Gasteiger partial charge in [-0.25, -0.2) is 4.98 Å². The van der Waals surface area contributed by atoms with Crippen molar-refractivity contribution in [2.24, 2.45) is 14.1 Å². The lowest BCUT2D eigenvalue weighted by atomic mass is 10.2. The van der Waals surface area contributed by atoms with Crippen LogP contribution >= 0.6 is 0 Å². The number of carbonyl (C=O) groups excluding carboxylic acids is 2. The number of nitrogens with one attached hydrogen (secondary N) is 2. The lowest BCUT2D eigenvalue weighted by molar-refractivity contribution is 0.0959. The third-order valence-electron chi connectivity index (χ3n) is 5.51. The molecule has 0 saturated heterocycles. The predicted octanol–water partition coefficient (Wildman–Crippen LogP) is 3.21. The minimum Gasteiger partial charge on any atom is -0.496 e. The third kappa shape index (κ3) is 3.78. The van der Waals surface area contributed by atoms with Gasteiger partial charge in [-0.05, 0) is 30.3 Å². The maximum Gasteiger partial charge on any atom is 0.259 e. The average Bonchev–Trinajstić information content (AvgIpc) is 3.33. The summed E-state index contributed by atoms with van der Waals surface area (Å²) in [4.78, 5) is 29.8. The lowest BCUT2D eigenvalue weighted by Crippen LogP contribution is -2.17. The van der Waals surface area contributed by atoms with Crippen LogP contribution in [0.1, 0.15) is 20.7 Å².